The Labute approximate surface area is 119 Å². The summed E-state index contributed by atoms with van der Waals surface area (Å²) < 4.78 is 10.4. The van der Waals surface area contributed by atoms with E-state index >= 15 is 0 Å². The van der Waals surface area contributed by atoms with Gasteiger partial charge in [-0.3, -0.25) is 9.69 Å². The highest BCUT2D eigenvalue weighted by Gasteiger charge is 2.41. The Bertz CT molecular complexity index is 459. The molecule has 1 aliphatic rings. The molecule has 5 nitrogen and oxygen atoms in total. The van der Waals surface area contributed by atoms with Gasteiger partial charge in [0.15, 0.2) is 0 Å². The highest BCUT2D eigenvalue weighted by atomic mass is 16.6. The van der Waals surface area contributed by atoms with Crippen LogP contribution in [0, 0.1) is 0 Å². The second-order valence-electron chi connectivity index (χ2n) is 5.20. The minimum Gasteiger partial charge on any atom is -0.497 e. The number of methoxy groups -OCH3 is 1. The minimum absolute atomic E-state index is 0.0118. The van der Waals surface area contributed by atoms with Crippen LogP contribution in [-0.4, -0.2) is 54.9 Å². The van der Waals surface area contributed by atoms with Gasteiger partial charge in [-0.25, -0.2) is 0 Å². The Morgan fingerprint density at radius 3 is 2.60 bits per heavy atom. The van der Waals surface area contributed by atoms with Crippen molar-refractivity contribution in [2.24, 2.45) is 0 Å². The Kier molecular flexibility index (Phi) is 4.62. The lowest BCUT2D eigenvalue weighted by atomic mass is 10.0. The highest BCUT2D eigenvalue weighted by molar-refractivity contribution is 5.66. The van der Waals surface area contributed by atoms with E-state index in [-0.39, 0.29) is 12.0 Å². The third kappa shape index (κ3) is 3.29. The van der Waals surface area contributed by atoms with Crippen LogP contribution in [0.2, 0.25) is 0 Å². The van der Waals surface area contributed by atoms with E-state index in [1.807, 2.05) is 36.2 Å². The fraction of sp³-hybridized carbons (Fsp3) is 0.533. The quantitative estimate of drug-likeness (QED) is 0.828. The topological polar surface area (TPSA) is 59.0 Å². The van der Waals surface area contributed by atoms with Crippen LogP contribution in [-0.2, 0) is 16.0 Å². The first-order chi connectivity index (χ1) is 9.51. The summed E-state index contributed by atoms with van der Waals surface area (Å²) in [5.41, 5.74) is 1.12. The van der Waals surface area contributed by atoms with Crippen molar-refractivity contribution in [3.05, 3.63) is 29.8 Å². The van der Waals surface area contributed by atoms with Crippen LogP contribution in [0.1, 0.15) is 12.5 Å². The van der Waals surface area contributed by atoms with E-state index in [1.165, 1.54) is 6.92 Å². The molecule has 1 aromatic rings. The van der Waals surface area contributed by atoms with E-state index < -0.39 is 12.2 Å². The summed E-state index contributed by atoms with van der Waals surface area (Å²) >= 11 is 0. The summed E-state index contributed by atoms with van der Waals surface area (Å²) in [4.78, 5) is 13.2. The number of carbonyl (C=O) groups excluding carboxylic acids is 1. The van der Waals surface area contributed by atoms with Gasteiger partial charge in [-0.15, -0.1) is 0 Å². The van der Waals surface area contributed by atoms with Gasteiger partial charge in [0.05, 0.1) is 13.2 Å². The van der Waals surface area contributed by atoms with E-state index in [0.29, 0.717) is 6.54 Å². The standard InChI is InChI=1S/C15H21NO4/c1-10(17)20-15-13(16(2)9-14(15)18)8-11-4-6-12(19-3)7-5-11/h4-7,13-15,18H,8-9H2,1-3H3. The first kappa shape index (κ1) is 14.8. The van der Waals surface area contributed by atoms with Gasteiger partial charge in [0.1, 0.15) is 18.0 Å². The molecular weight excluding hydrogens is 258 g/mol. The number of esters is 1. The van der Waals surface area contributed by atoms with Gasteiger partial charge < -0.3 is 14.6 Å². The molecule has 1 aromatic carbocycles. The molecular formula is C15H21NO4. The molecule has 1 aliphatic heterocycles. The van der Waals surface area contributed by atoms with Crippen molar-refractivity contribution in [3.63, 3.8) is 0 Å². The summed E-state index contributed by atoms with van der Waals surface area (Å²) in [5.74, 6) is 0.453. The molecule has 20 heavy (non-hydrogen) atoms. The molecule has 1 fully saturated rings. The summed E-state index contributed by atoms with van der Waals surface area (Å²) in [5, 5.41) is 10.00. The number of aliphatic hydroxyl groups excluding tert-OH is 1. The third-order valence-electron chi connectivity index (χ3n) is 3.71. The zero-order chi connectivity index (χ0) is 14.7. The van der Waals surface area contributed by atoms with Crippen molar-refractivity contribution in [2.45, 2.75) is 31.6 Å². The average molecular weight is 279 g/mol. The predicted octanol–water partition coefficient (Wildman–Crippen LogP) is 0.844. The van der Waals surface area contributed by atoms with E-state index in [2.05, 4.69) is 0 Å². The monoisotopic (exact) mass is 279 g/mol. The maximum absolute atomic E-state index is 11.2. The number of hydrogen-bond acceptors (Lipinski definition) is 5. The Balaban J connectivity index is 2.09. The SMILES string of the molecule is COc1ccc(CC2C(OC(C)=O)C(O)CN2C)cc1. The number of likely N-dealkylation sites (N-methyl/N-ethyl adjacent to an activating group) is 1. The molecule has 1 saturated heterocycles. The van der Waals surface area contributed by atoms with Gasteiger partial charge in [0.25, 0.3) is 0 Å². The number of rotatable bonds is 4. The first-order valence-electron chi connectivity index (χ1n) is 6.69. The summed E-state index contributed by atoms with van der Waals surface area (Å²) in [6.45, 7) is 1.88. The van der Waals surface area contributed by atoms with Crippen molar-refractivity contribution in [1.82, 2.24) is 4.90 Å². The number of benzene rings is 1. The molecule has 1 N–H and O–H groups in total. The van der Waals surface area contributed by atoms with Crippen LogP contribution < -0.4 is 4.74 Å². The molecule has 2 rings (SSSR count). The van der Waals surface area contributed by atoms with E-state index in [1.54, 1.807) is 7.11 Å². The van der Waals surface area contributed by atoms with Gasteiger partial charge in [-0.05, 0) is 31.2 Å². The van der Waals surface area contributed by atoms with Crippen LogP contribution in [0.25, 0.3) is 0 Å². The molecule has 110 valence electrons. The molecule has 0 aliphatic carbocycles. The van der Waals surface area contributed by atoms with Crippen molar-refractivity contribution < 1.29 is 19.4 Å². The van der Waals surface area contributed by atoms with Crippen LogP contribution >= 0.6 is 0 Å². The van der Waals surface area contributed by atoms with Gasteiger partial charge in [0, 0.05) is 13.5 Å². The van der Waals surface area contributed by atoms with Crippen molar-refractivity contribution >= 4 is 5.97 Å². The second kappa shape index (κ2) is 6.24. The van der Waals surface area contributed by atoms with Gasteiger partial charge in [0.2, 0.25) is 0 Å². The molecule has 3 atom stereocenters. The molecule has 0 radical (unpaired) electrons. The first-order valence-corrected chi connectivity index (χ1v) is 6.69. The van der Waals surface area contributed by atoms with Crippen LogP contribution in [0.15, 0.2) is 24.3 Å². The molecule has 0 aromatic heterocycles. The number of aliphatic hydroxyl groups is 1. The summed E-state index contributed by atoms with van der Waals surface area (Å²) in [6, 6.07) is 7.77. The number of β-amino-alcohol motifs (C(OH)–C–C–N with tert-alkyl or cyclic N) is 1. The lowest BCUT2D eigenvalue weighted by Gasteiger charge is -2.25. The number of likely N-dealkylation sites (tertiary alicyclic amines) is 1. The van der Waals surface area contributed by atoms with Gasteiger partial charge in [-0.2, -0.15) is 0 Å². The predicted molar refractivity (Wildman–Crippen MR) is 74.7 cm³/mol. The lowest BCUT2D eigenvalue weighted by Crippen LogP contribution is -2.39. The van der Waals surface area contributed by atoms with Crippen LogP contribution in [0.3, 0.4) is 0 Å². The van der Waals surface area contributed by atoms with Crippen molar-refractivity contribution in [1.29, 1.82) is 0 Å². The van der Waals surface area contributed by atoms with Crippen molar-refractivity contribution in [2.75, 3.05) is 20.7 Å². The fourth-order valence-electron chi connectivity index (χ4n) is 2.67. The Hall–Kier alpha value is -1.59. The largest absolute Gasteiger partial charge is 0.497 e. The molecule has 0 spiro atoms. The minimum atomic E-state index is -0.632. The highest BCUT2D eigenvalue weighted by Crippen LogP contribution is 2.24. The maximum Gasteiger partial charge on any atom is 0.303 e. The normalized spacial score (nSPS) is 26.5. The molecule has 3 unspecified atom stereocenters. The summed E-state index contributed by atoms with van der Waals surface area (Å²) in [6.07, 6.45) is -0.387. The number of carbonyl (C=O) groups is 1. The number of ether oxygens (including phenoxy) is 2. The number of hydrogen-bond donors (Lipinski definition) is 1. The van der Waals surface area contributed by atoms with Crippen LogP contribution in [0.4, 0.5) is 0 Å². The Morgan fingerprint density at radius 1 is 1.40 bits per heavy atom. The zero-order valence-corrected chi connectivity index (χ0v) is 12.1. The fourth-order valence-corrected chi connectivity index (χ4v) is 2.67. The second-order valence-corrected chi connectivity index (χ2v) is 5.20. The van der Waals surface area contributed by atoms with Gasteiger partial charge in [-0.1, -0.05) is 12.1 Å². The Morgan fingerprint density at radius 2 is 2.05 bits per heavy atom. The molecule has 0 amide bonds. The molecule has 5 heteroatoms. The molecule has 1 heterocycles. The maximum atomic E-state index is 11.2. The van der Waals surface area contributed by atoms with Gasteiger partial charge >= 0.3 is 5.97 Å². The lowest BCUT2D eigenvalue weighted by molar-refractivity contribution is -0.151. The molecule has 0 bridgehead atoms. The molecule has 0 saturated carbocycles. The zero-order valence-electron chi connectivity index (χ0n) is 12.1. The smallest absolute Gasteiger partial charge is 0.303 e. The van der Waals surface area contributed by atoms with E-state index in [9.17, 15) is 9.90 Å². The average Bonchev–Trinajstić information content (AvgIpc) is 2.66. The third-order valence-corrected chi connectivity index (χ3v) is 3.71. The van der Waals surface area contributed by atoms with Crippen molar-refractivity contribution in [3.8, 4) is 5.75 Å². The van der Waals surface area contributed by atoms with E-state index in [4.69, 9.17) is 9.47 Å². The van der Waals surface area contributed by atoms with E-state index in [0.717, 1.165) is 17.7 Å². The number of nitrogens with zero attached hydrogens (tertiary/aromatic N) is 1. The summed E-state index contributed by atoms with van der Waals surface area (Å²) in [7, 11) is 3.56. The van der Waals surface area contributed by atoms with Crippen LogP contribution in [0.5, 0.6) is 5.75 Å².